The van der Waals surface area contributed by atoms with Crippen LogP contribution in [0.3, 0.4) is 0 Å². The van der Waals surface area contributed by atoms with Crippen LogP contribution < -0.4 is 10.5 Å². The van der Waals surface area contributed by atoms with E-state index in [1.165, 1.54) is 0 Å². The number of nitriles is 1. The van der Waals surface area contributed by atoms with Crippen molar-refractivity contribution < 1.29 is 4.74 Å². The Kier molecular flexibility index (Phi) is 4.63. The van der Waals surface area contributed by atoms with Crippen molar-refractivity contribution in [2.24, 2.45) is 0 Å². The molecular formula is C25H22N6O. The average Bonchev–Trinajstić information content (AvgIpc) is 3.10. The van der Waals surface area contributed by atoms with E-state index in [-0.39, 0.29) is 6.10 Å². The minimum atomic E-state index is -0.291. The van der Waals surface area contributed by atoms with Crippen molar-refractivity contribution in [1.82, 2.24) is 19.5 Å². The summed E-state index contributed by atoms with van der Waals surface area (Å²) in [5.74, 6) is 1.51. The Labute approximate surface area is 186 Å². The Morgan fingerprint density at radius 1 is 1.19 bits per heavy atom. The number of aromatic nitrogens is 4. The van der Waals surface area contributed by atoms with E-state index in [2.05, 4.69) is 47.2 Å². The molecule has 4 heterocycles. The Morgan fingerprint density at radius 3 is 2.84 bits per heavy atom. The highest BCUT2D eigenvalue weighted by Gasteiger charge is 2.23. The molecule has 0 fully saturated rings. The third kappa shape index (κ3) is 3.17. The van der Waals surface area contributed by atoms with Crippen molar-refractivity contribution in [3.63, 3.8) is 0 Å². The van der Waals surface area contributed by atoms with Crippen molar-refractivity contribution in [2.45, 2.75) is 33.4 Å². The Morgan fingerprint density at radius 2 is 2.03 bits per heavy atom. The number of rotatable bonds is 0. The molecule has 32 heavy (non-hydrogen) atoms. The molecule has 0 saturated carbocycles. The van der Waals surface area contributed by atoms with Gasteiger partial charge in [-0.15, -0.1) is 0 Å². The van der Waals surface area contributed by atoms with Crippen molar-refractivity contribution in [2.75, 3.05) is 5.73 Å². The van der Waals surface area contributed by atoms with Crippen LogP contribution >= 0.6 is 0 Å². The quantitative estimate of drug-likeness (QED) is 0.445. The van der Waals surface area contributed by atoms with Crippen molar-refractivity contribution in [1.29, 1.82) is 5.26 Å². The number of anilines is 1. The molecule has 2 N–H and O–H groups in total. The van der Waals surface area contributed by atoms with Gasteiger partial charge in [0.05, 0.1) is 17.9 Å². The Bertz CT molecular complexity index is 1400. The standard InChI is InChI=1S/C25H22N6O/c1-14-6-7-19-20(9-14)15(2)32-22-10-18(12-29-25(22)27)24-21(11-26)30-16(3)31(24)13-17-5-4-8-28-23(17)19/h4-10,12,15H,13H2,1-3H3,(H2,27,29)/t15-/m1/s1. The second-order valence-corrected chi connectivity index (χ2v) is 8.02. The highest BCUT2D eigenvalue weighted by Crippen LogP contribution is 2.37. The maximum absolute atomic E-state index is 9.76. The molecule has 0 aliphatic carbocycles. The SMILES string of the molecule is Cc1ccc2c(c1)[C@@H](C)Oc1cc(cnc1N)-c1c(C#N)nc(C)n1Cc1cccnc1-2. The molecule has 1 aliphatic heterocycles. The highest BCUT2D eigenvalue weighted by atomic mass is 16.5. The van der Waals surface area contributed by atoms with Gasteiger partial charge in [-0.2, -0.15) is 5.26 Å². The molecule has 3 aromatic heterocycles. The van der Waals surface area contributed by atoms with Gasteiger partial charge in [0.15, 0.2) is 17.3 Å². The monoisotopic (exact) mass is 422 g/mol. The van der Waals surface area contributed by atoms with Crippen molar-refractivity contribution in [3.8, 4) is 34.3 Å². The van der Waals surface area contributed by atoms with Crippen molar-refractivity contribution in [3.05, 3.63) is 77.0 Å². The predicted octanol–water partition coefficient (Wildman–Crippen LogP) is 4.58. The maximum atomic E-state index is 9.76. The van der Waals surface area contributed by atoms with E-state index >= 15 is 0 Å². The van der Waals surface area contributed by atoms with Crippen LogP contribution in [0.5, 0.6) is 5.75 Å². The highest BCUT2D eigenvalue weighted by molar-refractivity contribution is 5.71. The third-order valence-corrected chi connectivity index (χ3v) is 5.84. The van der Waals surface area contributed by atoms with Crippen LogP contribution in [0.15, 0.2) is 48.8 Å². The fraction of sp³-hybridized carbons (Fsp3) is 0.200. The number of hydrogen-bond donors (Lipinski definition) is 1. The Balaban J connectivity index is 1.85. The number of hydrogen-bond acceptors (Lipinski definition) is 6. The van der Waals surface area contributed by atoms with Crippen LogP contribution in [0, 0.1) is 25.2 Å². The van der Waals surface area contributed by atoms with Gasteiger partial charge in [-0.25, -0.2) is 9.97 Å². The minimum Gasteiger partial charge on any atom is -0.482 e. The topological polar surface area (TPSA) is 103 Å². The van der Waals surface area contributed by atoms with Gasteiger partial charge in [-0.3, -0.25) is 4.98 Å². The first-order chi connectivity index (χ1) is 15.5. The number of nitrogens with zero attached hydrogens (tertiary/aromatic N) is 5. The molecule has 2 bridgehead atoms. The predicted molar refractivity (Wildman–Crippen MR) is 122 cm³/mol. The molecule has 0 saturated heterocycles. The number of benzene rings is 1. The molecule has 4 aromatic rings. The minimum absolute atomic E-state index is 0.291. The molecule has 0 amide bonds. The molecule has 158 valence electrons. The summed E-state index contributed by atoms with van der Waals surface area (Å²) in [5.41, 5.74) is 13.0. The van der Waals surface area contributed by atoms with Crippen LogP contribution in [0.25, 0.3) is 22.5 Å². The number of pyridine rings is 2. The summed E-state index contributed by atoms with van der Waals surface area (Å²) in [5, 5.41) is 9.76. The van der Waals surface area contributed by atoms with Gasteiger partial charge in [0.1, 0.15) is 18.0 Å². The number of aryl methyl sites for hydroxylation is 2. The molecule has 7 nitrogen and oxygen atoms in total. The van der Waals surface area contributed by atoms with E-state index in [4.69, 9.17) is 15.5 Å². The molecule has 1 aliphatic rings. The number of nitrogen functional groups attached to an aromatic ring is 1. The van der Waals surface area contributed by atoms with Crippen molar-refractivity contribution >= 4 is 5.82 Å². The van der Waals surface area contributed by atoms with E-state index in [1.54, 1.807) is 12.4 Å². The number of nitrogens with two attached hydrogens (primary N) is 1. The van der Waals surface area contributed by atoms with Crippen LogP contribution in [0.1, 0.15) is 41.2 Å². The Hall–Kier alpha value is -4.18. The van der Waals surface area contributed by atoms with Crippen LogP contribution in [0.4, 0.5) is 5.82 Å². The lowest BCUT2D eigenvalue weighted by molar-refractivity contribution is 0.228. The smallest absolute Gasteiger partial charge is 0.166 e. The van der Waals surface area contributed by atoms with Gasteiger partial charge in [0, 0.05) is 29.1 Å². The average molecular weight is 422 g/mol. The molecule has 0 unspecified atom stereocenters. The zero-order valence-electron chi connectivity index (χ0n) is 18.1. The zero-order valence-corrected chi connectivity index (χ0v) is 18.1. The number of fused-ring (bicyclic) bond motifs is 7. The fourth-order valence-electron chi connectivity index (χ4n) is 4.27. The zero-order chi connectivity index (χ0) is 22.4. The molecule has 1 atom stereocenters. The normalized spacial score (nSPS) is 14.6. The summed E-state index contributed by atoms with van der Waals surface area (Å²) < 4.78 is 8.35. The molecule has 1 aromatic carbocycles. The second kappa shape index (κ2) is 7.50. The van der Waals surface area contributed by atoms with E-state index in [0.29, 0.717) is 29.5 Å². The van der Waals surface area contributed by atoms with E-state index in [9.17, 15) is 5.26 Å². The van der Waals surface area contributed by atoms with Gasteiger partial charge in [-0.1, -0.05) is 29.8 Å². The van der Waals surface area contributed by atoms with Gasteiger partial charge < -0.3 is 15.0 Å². The molecular weight excluding hydrogens is 400 g/mol. The second-order valence-electron chi connectivity index (χ2n) is 8.02. The van der Waals surface area contributed by atoms with Gasteiger partial charge >= 0.3 is 0 Å². The summed E-state index contributed by atoms with van der Waals surface area (Å²) in [6.07, 6.45) is 3.17. The molecule has 0 spiro atoms. The van der Waals surface area contributed by atoms with Crippen LogP contribution in [-0.4, -0.2) is 19.5 Å². The maximum Gasteiger partial charge on any atom is 0.166 e. The number of imidazole rings is 1. The van der Waals surface area contributed by atoms with E-state index in [1.807, 2.05) is 30.5 Å². The van der Waals surface area contributed by atoms with E-state index in [0.717, 1.165) is 39.3 Å². The fourth-order valence-corrected chi connectivity index (χ4v) is 4.27. The molecule has 0 radical (unpaired) electrons. The summed E-state index contributed by atoms with van der Waals surface area (Å²) in [7, 11) is 0. The first kappa shape index (κ1) is 19.8. The summed E-state index contributed by atoms with van der Waals surface area (Å²) in [4.78, 5) is 13.6. The summed E-state index contributed by atoms with van der Waals surface area (Å²) >= 11 is 0. The van der Waals surface area contributed by atoms with Gasteiger partial charge in [0.2, 0.25) is 0 Å². The summed E-state index contributed by atoms with van der Waals surface area (Å²) in [6.45, 7) is 6.46. The lowest BCUT2D eigenvalue weighted by atomic mass is 9.95. The summed E-state index contributed by atoms with van der Waals surface area (Å²) in [6, 6.07) is 14.3. The molecule has 5 rings (SSSR count). The lowest BCUT2D eigenvalue weighted by Crippen LogP contribution is -2.12. The first-order valence-electron chi connectivity index (χ1n) is 10.4. The number of ether oxygens (including phenoxy) is 1. The molecule has 7 heteroatoms. The van der Waals surface area contributed by atoms with E-state index < -0.39 is 0 Å². The first-order valence-corrected chi connectivity index (χ1v) is 10.4. The van der Waals surface area contributed by atoms with Crippen LogP contribution in [0.2, 0.25) is 0 Å². The van der Waals surface area contributed by atoms with Gasteiger partial charge in [-0.05, 0) is 38.5 Å². The van der Waals surface area contributed by atoms with Gasteiger partial charge in [0.25, 0.3) is 0 Å². The van der Waals surface area contributed by atoms with Crippen LogP contribution in [-0.2, 0) is 6.54 Å². The third-order valence-electron chi connectivity index (χ3n) is 5.84. The lowest BCUT2D eigenvalue weighted by Gasteiger charge is -2.22. The largest absolute Gasteiger partial charge is 0.482 e.